The van der Waals surface area contributed by atoms with E-state index < -0.39 is 40.7 Å². The fourth-order valence-corrected chi connectivity index (χ4v) is 3.26. The molecular weight excluding hydrogens is 404 g/mol. The SMILES string of the molecule is CCC(=O)OCOC(=O)SC(C)(C)[C@@H](NC(C)=O)C(=O)OCCN1CCOCC1. The second kappa shape index (κ2) is 12.7. The molecule has 1 amide bonds. The predicted molar refractivity (Wildman–Crippen MR) is 105 cm³/mol. The van der Waals surface area contributed by atoms with Crippen LogP contribution in [0.5, 0.6) is 0 Å². The molecule has 0 bridgehead atoms. The number of nitrogens with zero attached hydrogens (tertiary/aromatic N) is 1. The summed E-state index contributed by atoms with van der Waals surface area (Å²) in [6, 6.07) is -1.07. The lowest BCUT2D eigenvalue weighted by Gasteiger charge is -2.31. The van der Waals surface area contributed by atoms with Crippen LogP contribution in [-0.4, -0.2) is 85.1 Å². The van der Waals surface area contributed by atoms with E-state index in [-0.39, 0.29) is 13.0 Å². The van der Waals surface area contributed by atoms with Gasteiger partial charge in [0.2, 0.25) is 12.7 Å². The number of nitrogens with one attached hydrogen (secondary N) is 1. The molecular formula is C18H30N2O8S. The smallest absolute Gasteiger partial charge is 0.370 e. The van der Waals surface area contributed by atoms with Gasteiger partial charge in [0.25, 0.3) is 0 Å². The van der Waals surface area contributed by atoms with E-state index in [1.54, 1.807) is 20.8 Å². The van der Waals surface area contributed by atoms with E-state index in [0.29, 0.717) is 31.5 Å². The summed E-state index contributed by atoms with van der Waals surface area (Å²) in [5.74, 6) is -1.57. The van der Waals surface area contributed by atoms with Crippen molar-refractivity contribution in [3.8, 4) is 0 Å². The highest BCUT2D eigenvalue weighted by Gasteiger charge is 2.40. The summed E-state index contributed by atoms with van der Waals surface area (Å²) in [4.78, 5) is 49.4. The second-order valence-electron chi connectivity index (χ2n) is 6.84. The van der Waals surface area contributed by atoms with E-state index >= 15 is 0 Å². The number of thioether (sulfide) groups is 1. The molecule has 1 fully saturated rings. The first kappa shape index (κ1) is 25.2. The Bertz CT molecular complexity index is 578. The van der Waals surface area contributed by atoms with Gasteiger partial charge in [0.15, 0.2) is 0 Å². The molecule has 1 atom stereocenters. The topological polar surface area (TPSA) is 120 Å². The first-order valence-electron chi connectivity index (χ1n) is 9.41. The van der Waals surface area contributed by atoms with Gasteiger partial charge in [0, 0.05) is 33.0 Å². The summed E-state index contributed by atoms with van der Waals surface area (Å²) in [5, 5.41) is 1.80. The quantitative estimate of drug-likeness (QED) is 0.392. The van der Waals surface area contributed by atoms with Gasteiger partial charge in [-0.2, -0.15) is 0 Å². The van der Waals surface area contributed by atoms with Crippen LogP contribution in [0.4, 0.5) is 4.79 Å². The zero-order valence-corrected chi connectivity index (χ0v) is 18.2. The van der Waals surface area contributed by atoms with Crippen molar-refractivity contribution < 1.29 is 38.1 Å². The molecule has 1 saturated heterocycles. The Morgan fingerprint density at radius 1 is 1.14 bits per heavy atom. The van der Waals surface area contributed by atoms with E-state index in [4.69, 9.17) is 14.2 Å². The van der Waals surface area contributed by atoms with Gasteiger partial charge >= 0.3 is 17.2 Å². The lowest BCUT2D eigenvalue weighted by atomic mass is 10.0. The number of esters is 2. The highest BCUT2D eigenvalue weighted by atomic mass is 32.2. The maximum Gasteiger partial charge on any atom is 0.370 e. The molecule has 166 valence electrons. The molecule has 1 aliphatic rings. The third-order valence-electron chi connectivity index (χ3n) is 4.07. The Morgan fingerprint density at radius 3 is 2.38 bits per heavy atom. The van der Waals surface area contributed by atoms with Crippen molar-refractivity contribution >= 4 is 34.9 Å². The lowest BCUT2D eigenvalue weighted by Crippen LogP contribution is -2.53. The summed E-state index contributed by atoms with van der Waals surface area (Å²) < 4.78 is 19.1. The normalized spacial score (nSPS) is 15.9. The number of hydrogen-bond donors (Lipinski definition) is 1. The van der Waals surface area contributed by atoms with Crippen molar-refractivity contribution in [3.05, 3.63) is 0 Å². The van der Waals surface area contributed by atoms with Gasteiger partial charge in [0.1, 0.15) is 12.6 Å². The Morgan fingerprint density at radius 2 is 1.79 bits per heavy atom. The standard InChI is InChI=1S/C18H30N2O8S/c1-5-14(22)27-12-28-17(24)29-18(3,4)15(19-13(2)21)16(23)26-11-8-20-6-9-25-10-7-20/h15H,5-12H2,1-4H3,(H,19,21)/t15-/m0/s1. The molecule has 1 aliphatic heterocycles. The molecule has 0 aliphatic carbocycles. The average Bonchev–Trinajstić information content (AvgIpc) is 2.66. The molecule has 11 heteroatoms. The minimum absolute atomic E-state index is 0.160. The lowest BCUT2D eigenvalue weighted by molar-refractivity contribution is -0.151. The number of morpholine rings is 1. The zero-order chi connectivity index (χ0) is 21.9. The van der Waals surface area contributed by atoms with Crippen molar-refractivity contribution in [2.24, 2.45) is 0 Å². The molecule has 0 radical (unpaired) electrons. The Kier molecular flexibility index (Phi) is 11.0. The van der Waals surface area contributed by atoms with E-state index in [9.17, 15) is 19.2 Å². The number of amides is 1. The second-order valence-corrected chi connectivity index (χ2v) is 8.43. The molecule has 10 nitrogen and oxygen atoms in total. The van der Waals surface area contributed by atoms with E-state index in [1.807, 2.05) is 0 Å². The van der Waals surface area contributed by atoms with Crippen molar-refractivity contribution in [2.75, 3.05) is 46.2 Å². The van der Waals surface area contributed by atoms with Gasteiger partial charge in [-0.25, -0.2) is 9.59 Å². The van der Waals surface area contributed by atoms with Gasteiger partial charge in [-0.05, 0) is 25.6 Å². The first-order chi connectivity index (χ1) is 13.7. The number of rotatable bonds is 10. The van der Waals surface area contributed by atoms with Crippen LogP contribution in [0.1, 0.15) is 34.1 Å². The molecule has 0 spiro atoms. The van der Waals surface area contributed by atoms with E-state index in [0.717, 1.165) is 13.1 Å². The van der Waals surface area contributed by atoms with Crippen LogP contribution in [0.15, 0.2) is 0 Å². The van der Waals surface area contributed by atoms with Gasteiger partial charge in [-0.15, -0.1) is 0 Å². The van der Waals surface area contributed by atoms with Gasteiger partial charge in [0.05, 0.1) is 18.0 Å². The molecule has 29 heavy (non-hydrogen) atoms. The maximum atomic E-state index is 12.6. The molecule has 0 aromatic carbocycles. The van der Waals surface area contributed by atoms with Crippen LogP contribution in [0.25, 0.3) is 0 Å². The molecule has 1 rings (SSSR count). The maximum absolute atomic E-state index is 12.6. The number of ether oxygens (including phenoxy) is 4. The monoisotopic (exact) mass is 434 g/mol. The van der Waals surface area contributed by atoms with E-state index in [1.165, 1.54) is 6.92 Å². The van der Waals surface area contributed by atoms with Crippen LogP contribution in [-0.2, 0) is 33.3 Å². The van der Waals surface area contributed by atoms with Crippen molar-refractivity contribution in [3.63, 3.8) is 0 Å². The fourth-order valence-electron chi connectivity index (χ4n) is 2.45. The van der Waals surface area contributed by atoms with Crippen LogP contribution in [0.3, 0.4) is 0 Å². The first-order valence-corrected chi connectivity index (χ1v) is 10.2. The Balaban J connectivity index is 2.57. The fraction of sp³-hybridized carbons (Fsp3) is 0.778. The largest absolute Gasteiger partial charge is 0.463 e. The van der Waals surface area contributed by atoms with Crippen LogP contribution in [0.2, 0.25) is 0 Å². The summed E-state index contributed by atoms with van der Waals surface area (Å²) in [6.45, 7) is 9.13. The molecule has 0 saturated carbocycles. The van der Waals surface area contributed by atoms with Crippen molar-refractivity contribution in [2.45, 2.75) is 44.9 Å². The van der Waals surface area contributed by atoms with E-state index in [2.05, 4.69) is 15.0 Å². The van der Waals surface area contributed by atoms with Crippen molar-refractivity contribution in [1.29, 1.82) is 0 Å². The Hall–Kier alpha value is -1.85. The number of hydrogen-bond acceptors (Lipinski definition) is 10. The minimum Gasteiger partial charge on any atom is -0.463 e. The Labute approximate surface area is 174 Å². The number of carbonyl (C=O) groups is 4. The van der Waals surface area contributed by atoms with Crippen molar-refractivity contribution in [1.82, 2.24) is 10.2 Å². The number of carbonyl (C=O) groups excluding carboxylic acids is 4. The zero-order valence-electron chi connectivity index (χ0n) is 17.4. The summed E-state index contributed by atoms with van der Waals surface area (Å²) >= 11 is 0.706. The molecule has 0 aromatic rings. The third-order valence-corrected chi connectivity index (χ3v) is 5.11. The molecule has 0 unspecified atom stereocenters. The van der Waals surface area contributed by atoms with Crippen LogP contribution >= 0.6 is 11.8 Å². The summed E-state index contributed by atoms with van der Waals surface area (Å²) in [5.41, 5.74) is 0. The third kappa shape index (κ3) is 9.95. The average molecular weight is 435 g/mol. The van der Waals surface area contributed by atoms with Gasteiger partial charge < -0.3 is 24.3 Å². The van der Waals surface area contributed by atoms with Crippen LogP contribution in [0, 0.1) is 0 Å². The predicted octanol–water partition coefficient (Wildman–Crippen LogP) is 0.926. The molecule has 1 N–H and O–H groups in total. The molecule has 1 heterocycles. The summed E-state index contributed by atoms with van der Waals surface area (Å²) in [7, 11) is 0. The highest BCUT2D eigenvalue weighted by Crippen LogP contribution is 2.30. The van der Waals surface area contributed by atoms with Gasteiger partial charge in [-0.3, -0.25) is 14.5 Å². The summed E-state index contributed by atoms with van der Waals surface area (Å²) in [6.07, 6.45) is 0.164. The molecule has 0 aromatic heterocycles. The highest BCUT2D eigenvalue weighted by molar-refractivity contribution is 8.14. The van der Waals surface area contributed by atoms with Crippen LogP contribution < -0.4 is 5.32 Å². The minimum atomic E-state index is -1.07. The van der Waals surface area contributed by atoms with Gasteiger partial charge in [-0.1, -0.05) is 6.92 Å².